The zero-order chi connectivity index (χ0) is 13.8. The first-order valence-corrected chi connectivity index (χ1v) is 6.80. The Kier molecular flexibility index (Phi) is 2.75. The molecule has 1 saturated carbocycles. The van der Waals surface area contributed by atoms with Gasteiger partial charge in [0.05, 0.1) is 23.5 Å². The number of aromatic nitrogens is 2. The molecule has 1 aliphatic rings. The molecule has 0 saturated heterocycles. The van der Waals surface area contributed by atoms with Crippen molar-refractivity contribution in [2.75, 3.05) is 7.11 Å². The van der Waals surface area contributed by atoms with Crippen LogP contribution in [0.3, 0.4) is 0 Å². The van der Waals surface area contributed by atoms with E-state index >= 15 is 0 Å². The zero-order valence-electron chi connectivity index (χ0n) is 11.2. The summed E-state index contributed by atoms with van der Waals surface area (Å²) in [4.78, 5) is 4.49. The normalized spacial score (nSPS) is 18.6. The summed E-state index contributed by atoms with van der Waals surface area (Å²) < 4.78 is 21.0. The highest BCUT2D eigenvalue weighted by Crippen LogP contribution is 2.47. The SMILES string of the molecule is COc1cc2c(cc1F)nc(C(C)Cl)n2C1(C)CC1. The number of ether oxygens (including phenoxy) is 1. The van der Waals surface area contributed by atoms with Gasteiger partial charge in [0.25, 0.3) is 0 Å². The Hall–Kier alpha value is -1.29. The highest BCUT2D eigenvalue weighted by molar-refractivity contribution is 6.20. The molecule has 1 aromatic heterocycles. The zero-order valence-corrected chi connectivity index (χ0v) is 12.0. The number of halogens is 2. The molecular formula is C14H16ClFN2O. The lowest BCUT2D eigenvalue weighted by atomic mass is 10.2. The Labute approximate surface area is 116 Å². The van der Waals surface area contributed by atoms with Crippen LogP contribution >= 0.6 is 11.6 Å². The van der Waals surface area contributed by atoms with E-state index < -0.39 is 5.82 Å². The van der Waals surface area contributed by atoms with Crippen molar-refractivity contribution >= 4 is 22.6 Å². The molecule has 3 nitrogen and oxygen atoms in total. The van der Waals surface area contributed by atoms with E-state index in [0.717, 1.165) is 24.2 Å². The molecule has 0 bridgehead atoms. The van der Waals surface area contributed by atoms with E-state index in [9.17, 15) is 4.39 Å². The highest BCUT2D eigenvalue weighted by atomic mass is 35.5. The molecule has 5 heteroatoms. The van der Waals surface area contributed by atoms with Crippen LogP contribution in [0.4, 0.5) is 4.39 Å². The predicted molar refractivity (Wildman–Crippen MR) is 73.4 cm³/mol. The molecule has 0 N–H and O–H groups in total. The second kappa shape index (κ2) is 4.10. The molecule has 1 heterocycles. The third kappa shape index (κ3) is 1.89. The standard InChI is InChI=1S/C14H16ClFN2O/c1-8(15)13-17-10-6-9(16)12(19-3)7-11(10)18(13)14(2)4-5-14/h6-8H,4-5H2,1-3H3. The Balaban J connectivity index is 2.32. The Morgan fingerprint density at radius 1 is 1.47 bits per heavy atom. The van der Waals surface area contributed by atoms with Gasteiger partial charge in [0.1, 0.15) is 5.82 Å². The minimum atomic E-state index is -0.394. The average molecular weight is 283 g/mol. The van der Waals surface area contributed by atoms with Crippen LogP contribution < -0.4 is 4.74 Å². The van der Waals surface area contributed by atoms with E-state index in [1.54, 1.807) is 6.07 Å². The van der Waals surface area contributed by atoms with Gasteiger partial charge in [0.15, 0.2) is 11.6 Å². The second-order valence-electron chi connectivity index (χ2n) is 5.39. The second-order valence-corrected chi connectivity index (χ2v) is 6.05. The van der Waals surface area contributed by atoms with E-state index in [0.29, 0.717) is 5.52 Å². The Morgan fingerprint density at radius 2 is 2.16 bits per heavy atom. The van der Waals surface area contributed by atoms with E-state index in [2.05, 4.69) is 16.5 Å². The summed E-state index contributed by atoms with van der Waals surface area (Å²) in [5.41, 5.74) is 1.57. The van der Waals surface area contributed by atoms with Crippen LogP contribution in [0, 0.1) is 5.82 Å². The fourth-order valence-electron chi connectivity index (χ4n) is 2.49. The number of nitrogens with zero attached hydrogens (tertiary/aromatic N) is 2. The van der Waals surface area contributed by atoms with Crippen molar-refractivity contribution in [3.05, 3.63) is 23.8 Å². The van der Waals surface area contributed by atoms with Crippen LogP contribution in [-0.2, 0) is 5.54 Å². The molecule has 2 aromatic rings. The van der Waals surface area contributed by atoms with Gasteiger partial charge in [-0.2, -0.15) is 0 Å². The van der Waals surface area contributed by atoms with Crippen molar-refractivity contribution in [2.45, 2.75) is 37.6 Å². The van der Waals surface area contributed by atoms with Gasteiger partial charge in [-0.1, -0.05) is 0 Å². The predicted octanol–water partition coefficient (Wildman–Crippen LogP) is 3.99. The Bertz CT molecular complexity index is 646. The fourth-order valence-corrected chi connectivity index (χ4v) is 2.64. The lowest BCUT2D eigenvalue weighted by Gasteiger charge is -2.17. The van der Waals surface area contributed by atoms with Gasteiger partial charge in [-0.05, 0) is 26.7 Å². The molecule has 3 rings (SSSR count). The van der Waals surface area contributed by atoms with Gasteiger partial charge in [-0.15, -0.1) is 11.6 Å². The topological polar surface area (TPSA) is 27.1 Å². The maximum Gasteiger partial charge on any atom is 0.167 e. The average Bonchev–Trinajstić information content (AvgIpc) is 2.98. The number of hydrogen-bond acceptors (Lipinski definition) is 2. The first-order valence-electron chi connectivity index (χ1n) is 6.37. The molecule has 19 heavy (non-hydrogen) atoms. The smallest absolute Gasteiger partial charge is 0.167 e. The summed E-state index contributed by atoms with van der Waals surface area (Å²) in [5.74, 6) is 0.644. The number of imidazole rings is 1. The van der Waals surface area contributed by atoms with Crippen molar-refractivity contribution in [1.29, 1.82) is 0 Å². The first kappa shape index (κ1) is 12.7. The number of fused-ring (bicyclic) bond motifs is 1. The monoisotopic (exact) mass is 282 g/mol. The molecule has 0 amide bonds. The highest BCUT2D eigenvalue weighted by Gasteiger charge is 2.42. The van der Waals surface area contributed by atoms with Crippen molar-refractivity contribution in [3.8, 4) is 5.75 Å². The summed E-state index contributed by atoms with van der Waals surface area (Å²) in [6, 6.07) is 3.13. The molecule has 1 fully saturated rings. The number of alkyl halides is 1. The van der Waals surface area contributed by atoms with E-state index in [1.807, 2.05) is 6.92 Å². The van der Waals surface area contributed by atoms with Gasteiger partial charge in [0.2, 0.25) is 0 Å². The van der Waals surface area contributed by atoms with Crippen LogP contribution in [0.25, 0.3) is 11.0 Å². The molecule has 1 aromatic carbocycles. The fraction of sp³-hybridized carbons (Fsp3) is 0.500. The summed E-state index contributed by atoms with van der Waals surface area (Å²) >= 11 is 6.22. The number of methoxy groups -OCH3 is 1. The van der Waals surface area contributed by atoms with Gasteiger partial charge in [0, 0.05) is 17.7 Å². The van der Waals surface area contributed by atoms with E-state index in [1.165, 1.54) is 13.2 Å². The molecule has 102 valence electrons. The lowest BCUT2D eigenvalue weighted by molar-refractivity contribution is 0.387. The minimum Gasteiger partial charge on any atom is -0.494 e. The quantitative estimate of drug-likeness (QED) is 0.796. The maximum atomic E-state index is 13.8. The largest absolute Gasteiger partial charge is 0.494 e. The van der Waals surface area contributed by atoms with Crippen LogP contribution in [0.1, 0.15) is 37.9 Å². The maximum absolute atomic E-state index is 13.8. The molecular weight excluding hydrogens is 267 g/mol. The van der Waals surface area contributed by atoms with Crippen molar-refractivity contribution in [3.63, 3.8) is 0 Å². The van der Waals surface area contributed by atoms with Crippen LogP contribution in [0.15, 0.2) is 12.1 Å². The van der Waals surface area contributed by atoms with E-state index in [4.69, 9.17) is 16.3 Å². The molecule has 1 unspecified atom stereocenters. The molecule has 0 radical (unpaired) electrons. The van der Waals surface area contributed by atoms with E-state index in [-0.39, 0.29) is 16.7 Å². The number of benzene rings is 1. The van der Waals surface area contributed by atoms with Gasteiger partial charge in [-0.3, -0.25) is 0 Å². The first-order chi connectivity index (χ1) is 8.96. The van der Waals surface area contributed by atoms with Gasteiger partial charge in [-0.25, -0.2) is 9.37 Å². The van der Waals surface area contributed by atoms with Crippen molar-refractivity contribution in [1.82, 2.24) is 9.55 Å². The third-order valence-corrected chi connectivity index (χ3v) is 4.02. The van der Waals surface area contributed by atoms with Gasteiger partial charge < -0.3 is 9.30 Å². The molecule has 1 aliphatic carbocycles. The lowest BCUT2D eigenvalue weighted by Crippen LogP contribution is -2.16. The summed E-state index contributed by atoms with van der Waals surface area (Å²) in [6.07, 6.45) is 2.18. The number of hydrogen-bond donors (Lipinski definition) is 0. The molecule has 1 atom stereocenters. The molecule has 0 aliphatic heterocycles. The Morgan fingerprint density at radius 3 is 2.68 bits per heavy atom. The van der Waals surface area contributed by atoms with Crippen LogP contribution in [0.2, 0.25) is 0 Å². The summed E-state index contributed by atoms with van der Waals surface area (Å²) in [7, 11) is 1.47. The van der Waals surface area contributed by atoms with Crippen molar-refractivity contribution < 1.29 is 9.13 Å². The van der Waals surface area contributed by atoms with Crippen molar-refractivity contribution in [2.24, 2.45) is 0 Å². The summed E-state index contributed by atoms with van der Waals surface area (Å²) in [6.45, 7) is 4.06. The minimum absolute atomic E-state index is 0.0517. The molecule has 0 spiro atoms. The third-order valence-electron chi connectivity index (χ3n) is 3.82. The van der Waals surface area contributed by atoms with Gasteiger partial charge >= 0.3 is 0 Å². The number of rotatable bonds is 3. The van der Waals surface area contributed by atoms with Crippen LogP contribution in [0.5, 0.6) is 5.75 Å². The van der Waals surface area contributed by atoms with Crippen LogP contribution in [-0.4, -0.2) is 16.7 Å². The summed E-state index contributed by atoms with van der Waals surface area (Å²) in [5, 5.41) is -0.209.